The molecule has 0 bridgehead atoms. The van der Waals surface area contributed by atoms with E-state index in [9.17, 15) is 8.42 Å². The first-order chi connectivity index (χ1) is 15.9. The van der Waals surface area contributed by atoms with Crippen LogP contribution in [0.15, 0.2) is 89.8 Å². The Morgan fingerprint density at radius 3 is 2.42 bits per heavy atom. The minimum Gasteiger partial charge on any atom is -0.489 e. The monoisotopic (exact) mass is 460 g/mol. The highest BCUT2D eigenvalue weighted by atomic mass is 32.2. The predicted molar refractivity (Wildman–Crippen MR) is 133 cm³/mol. The van der Waals surface area contributed by atoms with Crippen molar-refractivity contribution in [2.75, 3.05) is 6.54 Å². The van der Waals surface area contributed by atoms with Crippen LogP contribution >= 0.6 is 0 Å². The summed E-state index contributed by atoms with van der Waals surface area (Å²) in [6.07, 6.45) is 0.773. The number of ether oxygens (including phenoxy) is 1. The normalized spacial score (nSPS) is 11.6. The fourth-order valence-corrected chi connectivity index (χ4v) is 4.40. The second kappa shape index (κ2) is 10.2. The van der Waals surface area contributed by atoms with Gasteiger partial charge in [0.25, 0.3) is 0 Å². The Balaban J connectivity index is 1.44. The highest BCUT2D eigenvalue weighted by Gasteiger charge is 2.10. The number of fused-ring (bicyclic) bond motifs is 1. The third kappa shape index (κ3) is 5.99. The molecule has 4 aromatic rings. The summed E-state index contributed by atoms with van der Waals surface area (Å²) < 4.78 is 29.1. The zero-order valence-electron chi connectivity index (χ0n) is 18.6. The van der Waals surface area contributed by atoms with E-state index in [2.05, 4.69) is 48.6 Å². The van der Waals surface area contributed by atoms with E-state index in [0.717, 1.165) is 35.4 Å². The third-order valence-corrected chi connectivity index (χ3v) is 6.55. The van der Waals surface area contributed by atoms with Gasteiger partial charge in [-0.05, 0) is 60.0 Å². The summed E-state index contributed by atoms with van der Waals surface area (Å²) in [5.41, 5.74) is 4.53. The Labute approximate surface area is 195 Å². The van der Waals surface area contributed by atoms with E-state index in [4.69, 9.17) is 9.88 Å². The molecule has 6 heteroatoms. The fourth-order valence-electron chi connectivity index (χ4n) is 3.89. The maximum Gasteiger partial charge on any atom is 0.238 e. The Hall–Kier alpha value is -3.19. The van der Waals surface area contributed by atoms with E-state index in [1.54, 1.807) is 24.3 Å². The van der Waals surface area contributed by atoms with Gasteiger partial charge in [0.2, 0.25) is 10.0 Å². The van der Waals surface area contributed by atoms with Gasteiger partial charge >= 0.3 is 0 Å². The van der Waals surface area contributed by atoms with Crippen LogP contribution in [0.2, 0.25) is 0 Å². The molecule has 0 saturated carbocycles. The molecule has 0 aromatic heterocycles. The van der Waals surface area contributed by atoms with Crippen molar-refractivity contribution in [2.45, 2.75) is 31.4 Å². The molecule has 0 aliphatic rings. The van der Waals surface area contributed by atoms with Crippen molar-refractivity contribution in [1.29, 1.82) is 0 Å². The number of sulfonamides is 1. The number of benzene rings is 4. The number of hydrogen-bond donors (Lipinski definition) is 2. The number of nitrogens with two attached hydrogens (primary N) is 1. The molecule has 0 saturated heterocycles. The molecule has 0 aliphatic heterocycles. The first-order valence-corrected chi connectivity index (χ1v) is 12.5. The van der Waals surface area contributed by atoms with Gasteiger partial charge in [-0.1, -0.05) is 72.3 Å². The molecule has 0 unspecified atom stereocenters. The van der Waals surface area contributed by atoms with Crippen LogP contribution in [0.25, 0.3) is 10.8 Å². The number of aryl methyl sites for hydroxylation is 1. The van der Waals surface area contributed by atoms with E-state index in [1.807, 2.05) is 24.3 Å². The summed E-state index contributed by atoms with van der Waals surface area (Å²) in [4.78, 5) is 0.130. The SMILES string of the molecule is Cc1cccc(COc2ccc3ccccc3c2CNCCc2ccc(S(N)(=O)=O)cc2)c1. The average molecular weight is 461 g/mol. The molecule has 5 nitrogen and oxygen atoms in total. The van der Waals surface area contributed by atoms with Crippen LogP contribution in [0.4, 0.5) is 0 Å². The Morgan fingerprint density at radius 2 is 1.67 bits per heavy atom. The van der Waals surface area contributed by atoms with Crippen LogP contribution in [-0.4, -0.2) is 15.0 Å². The van der Waals surface area contributed by atoms with Crippen LogP contribution < -0.4 is 15.2 Å². The van der Waals surface area contributed by atoms with E-state index in [1.165, 1.54) is 16.3 Å². The topological polar surface area (TPSA) is 81.4 Å². The van der Waals surface area contributed by atoms with E-state index >= 15 is 0 Å². The number of primary sulfonamides is 1. The summed E-state index contributed by atoms with van der Waals surface area (Å²) in [6.45, 7) is 4.01. The van der Waals surface area contributed by atoms with Crippen LogP contribution in [0.3, 0.4) is 0 Å². The summed E-state index contributed by atoms with van der Waals surface area (Å²) >= 11 is 0. The molecule has 33 heavy (non-hydrogen) atoms. The fraction of sp³-hybridized carbons (Fsp3) is 0.185. The Morgan fingerprint density at radius 1 is 0.879 bits per heavy atom. The molecule has 0 radical (unpaired) electrons. The van der Waals surface area contributed by atoms with Crippen molar-refractivity contribution in [3.63, 3.8) is 0 Å². The summed E-state index contributed by atoms with van der Waals surface area (Å²) in [6, 6.07) is 27.5. The van der Waals surface area contributed by atoms with Gasteiger partial charge in [-0.3, -0.25) is 0 Å². The quantitative estimate of drug-likeness (QED) is 0.355. The summed E-state index contributed by atoms with van der Waals surface area (Å²) in [7, 11) is -3.66. The lowest BCUT2D eigenvalue weighted by atomic mass is 10.0. The van der Waals surface area contributed by atoms with Gasteiger partial charge in [0, 0.05) is 12.1 Å². The van der Waals surface area contributed by atoms with Crippen molar-refractivity contribution in [2.24, 2.45) is 5.14 Å². The highest BCUT2D eigenvalue weighted by Crippen LogP contribution is 2.29. The molecule has 0 heterocycles. The summed E-state index contributed by atoms with van der Waals surface area (Å²) in [5.74, 6) is 0.875. The van der Waals surface area contributed by atoms with Crippen LogP contribution in [0.5, 0.6) is 5.75 Å². The molecule has 170 valence electrons. The van der Waals surface area contributed by atoms with Gasteiger partial charge in [0.15, 0.2) is 0 Å². The molecule has 4 aromatic carbocycles. The Kier molecular flexibility index (Phi) is 7.08. The molecule has 0 spiro atoms. The van der Waals surface area contributed by atoms with Crippen LogP contribution in [0, 0.1) is 6.92 Å². The standard InChI is InChI=1S/C27H28N2O3S/c1-20-5-4-6-22(17-20)19-32-27-14-11-23-7-2-3-8-25(23)26(27)18-29-16-15-21-9-12-24(13-10-21)33(28,30)31/h2-14,17,29H,15-16,18-19H2,1H3,(H2,28,30,31). The van der Waals surface area contributed by atoms with Gasteiger partial charge in [-0.25, -0.2) is 13.6 Å². The van der Waals surface area contributed by atoms with Gasteiger partial charge in [0.05, 0.1) is 4.90 Å². The van der Waals surface area contributed by atoms with Crippen LogP contribution in [0.1, 0.15) is 22.3 Å². The first-order valence-electron chi connectivity index (χ1n) is 10.9. The van der Waals surface area contributed by atoms with E-state index in [-0.39, 0.29) is 4.90 Å². The van der Waals surface area contributed by atoms with Crippen molar-refractivity contribution in [3.8, 4) is 5.75 Å². The van der Waals surface area contributed by atoms with Crippen molar-refractivity contribution in [3.05, 3.63) is 107 Å². The van der Waals surface area contributed by atoms with Crippen molar-refractivity contribution >= 4 is 20.8 Å². The lowest BCUT2D eigenvalue weighted by Crippen LogP contribution is -2.18. The average Bonchev–Trinajstić information content (AvgIpc) is 2.80. The zero-order chi connectivity index (χ0) is 23.3. The number of rotatable bonds is 9. The molecule has 0 fully saturated rings. The van der Waals surface area contributed by atoms with Crippen molar-refractivity contribution in [1.82, 2.24) is 5.32 Å². The minimum atomic E-state index is -3.66. The maximum atomic E-state index is 11.4. The predicted octanol–water partition coefficient (Wildman–Crippen LogP) is 4.71. The number of nitrogens with one attached hydrogen (secondary N) is 1. The minimum absolute atomic E-state index is 0.130. The second-order valence-electron chi connectivity index (χ2n) is 8.16. The molecule has 0 aliphatic carbocycles. The highest BCUT2D eigenvalue weighted by molar-refractivity contribution is 7.89. The number of hydrogen-bond acceptors (Lipinski definition) is 4. The zero-order valence-corrected chi connectivity index (χ0v) is 19.4. The maximum absolute atomic E-state index is 11.4. The molecular formula is C27H28N2O3S. The molecule has 0 amide bonds. The van der Waals surface area contributed by atoms with E-state index < -0.39 is 10.0 Å². The third-order valence-electron chi connectivity index (χ3n) is 5.62. The second-order valence-corrected chi connectivity index (χ2v) is 9.72. The van der Waals surface area contributed by atoms with Gasteiger partial charge in [-0.2, -0.15) is 0 Å². The van der Waals surface area contributed by atoms with Crippen molar-refractivity contribution < 1.29 is 13.2 Å². The van der Waals surface area contributed by atoms with E-state index in [0.29, 0.717) is 13.2 Å². The van der Waals surface area contributed by atoms with Gasteiger partial charge in [0.1, 0.15) is 12.4 Å². The molecule has 3 N–H and O–H groups in total. The Bertz CT molecular complexity index is 1350. The molecule has 0 atom stereocenters. The van der Waals surface area contributed by atoms with Gasteiger partial charge in [-0.15, -0.1) is 0 Å². The molecular weight excluding hydrogens is 432 g/mol. The van der Waals surface area contributed by atoms with Crippen LogP contribution in [-0.2, 0) is 29.6 Å². The lowest BCUT2D eigenvalue weighted by Gasteiger charge is -2.15. The van der Waals surface area contributed by atoms with Gasteiger partial charge < -0.3 is 10.1 Å². The summed E-state index contributed by atoms with van der Waals surface area (Å²) in [5, 5.41) is 11.0. The lowest BCUT2D eigenvalue weighted by molar-refractivity contribution is 0.302. The largest absolute Gasteiger partial charge is 0.489 e. The molecule has 4 rings (SSSR count). The first kappa shape index (κ1) is 23.0. The smallest absolute Gasteiger partial charge is 0.238 e.